The van der Waals surface area contributed by atoms with Gasteiger partial charge in [-0.25, -0.2) is 9.36 Å². The molecular weight excluding hydrogens is 477 g/mol. The van der Waals surface area contributed by atoms with Crippen LogP contribution < -0.4 is 5.69 Å². The standard InChI is InChI=1S/C24H23F3N6O3/c1-23(2,3)18-9-17(30(4)29-18)20(34)31-11-14-8-16(31)19-21(35)33(22(36)32(14)19)13-6-5-12(10-28)15(7-13)24(25,26)27/h5-7,9,14,16,35H,8,11H2,1-4H3/t14-,16-/m0/s1. The van der Waals surface area contributed by atoms with Gasteiger partial charge in [0.25, 0.3) is 5.91 Å². The number of aryl methyl sites for hydroxylation is 1. The van der Waals surface area contributed by atoms with Crippen LogP contribution in [0.1, 0.15) is 72.3 Å². The molecule has 0 saturated carbocycles. The summed E-state index contributed by atoms with van der Waals surface area (Å²) in [6, 6.07) is 4.99. The molecule has 3 aromatic rings. The molecule has 0 aliphatic carbocycles. The van der Waals surface area contributed by atoms with E-state index in [1.54, 1.807) is 18.0 Å². The number of imidazole rings is 1. The number of hydrogen-bond donors (Lipinski definition) is 1. The normalized spacial score (nSPS) is 19.0. The molecule has 2 aliphatic rings. The third kappa shape index (κ3) is 3.33. The van der Waals surface area contributed by atoms with Crippen molar-refractivity contribution in [2.75, 3.05) is 6.54 Å². The molecule has 0 spiro atoms. The number of benzene rings is 1. The first-order valence-electron chi connectivity index (χ1n) is 11.3. The number of carbonyl (C=O) groups excluding carboxylic acids is 1. The minimum absolute atomic E-state index is 0.181. The summed E-state index contributed by atoms with van der Waals surface area (Å²) in [6.07, 6.45) is -4.41. The molecule has 1 N–H and O–H groups in total. The second-order valence-electron chi connectivity index (χ2n) is 10.2. The molecule has 5 rings (SSSR count). The van der Waals surface area contributed by atoms with Crippen molar-refractivity contribution in [3.05, 3.63) is 63.0 Å². The zero-order valence-electron chi connectivity index (χ0n) is 20.0. The van der Waals surface area contributed by atoms with Gasteiger partial charge in [0.15, 0.2) is 0 Å². The van der Waals surface area contributed by atoms with Crippen LogP contribution in [0.3, 0.4) is 0 Å². The fourth-order valence-electron chi connectivity index (χ4n) is 5.09. The van der Waals surface area contributed by atoms with Crippen molar-refractivity contribution >= 4 is 5.91 Å². The van der Waals surface area contributed by atoms with Gasteiger partial charge in [0.1, 0.15) is 11.4 Å². The lowest BCUT2D eigenvalue weighted by Gasteiger charge is -2.27. The second kappa shape index (κ2) is 7.49. The Hall–Kier alpha value is -4.01. The molecule has 2 atom stereocenters. The molecule has 188 valence electrons. The number of aromatic hydroxyl groups is 1. The number of alkyl halides is 3. The highest BCUT2D eigenvalue weighted by Gasteiger charge is 2.50. The van der Waals surface area contributed by atoms with E-state index < -0.39 is 41.0 Å². The molecule has 0 radical (unpaired) electrons. The summed E-state index contributed by atoms with van der Waals surface area (Å²) < 4.78 is 44.1. The van der Waals surface area contributed by atoms with E-state index >= 15 is 0 Å². The lowest BCUT2D eigenvalue weighted by atomic mass is 9.92. The average molecular weight is 500 g/mol. The number of halogens is 3. The quantitative estimate of drug-likeness (QED) is 0.580. The monoisotopic (exact) mass is 500 g/mol. The van der Waals surface area contributed by atoms with E-state index in [9.17, 15) is 27.9 Å². The topological polar surface area (TPSA) is 109 Å². The summed E-state index contributed by atoms with van der Waals surface area (Å²) >= 11 is 0. The SMILES string of the molecule is Cn1nc(C(C)(C)C)cc1C(=O)N1C[C@@H]2C[C@H]1c1c(O)n(-c3ccc(C#N)c(C(F)(F)F)c3)c(=O)n12. The summed E-state index contributed by atoms with van der Waals surface area (Å²) in [5.41, 5.74) is -1.70. The van der Waals surface area contributed by atoms with Crippen LogP contribution in [-0.4, -0.2) is 41.4 Å². The molecule has 1 amide bonds. The van der Waals surface area contributed by atoms with E-state index in [0.717, 1.165) is 16.3 Å². The smallest absolute Gasteiger partial charge is 0.417 e. The van der Waals surface area contributed by atoms with Gasteiger partial charge >= 0.3 is 11.9 Å². The van der Waals surface area contributed by atoms with Crippen LogP contribution in [0.25, 0.3) is 5.69 Å². The average Bonchev–Trinajstić information content (AvgIpc) is 3.54. The zero-order valence-corrected chi connectivity index (χ0v) is 20.0. The number of hydrogen-bond acceptors (Lipinski definition) is 5. The van der Waals surface area contributed by atoms with Gasteiger partial charge < -0.3 is 10.0 Å². The van der Waals surface area contributed by atoms with Gasteiger partial charge in [-0.3, -0.25) is 14.0 Å². The number of aromatic nitrogens is 4. The molecule has 12 heteroatoms. The van der Waals surface area contributed by atoms with Crippen LogP contribution in [0.15, 0.2) is 29.1 Å². The molecule has 2 aromatic heterocycles. The van der Waals surface area contributed by atoms with Crippen molar-refractivity contribution in [3.63, 3.8) is 0 Å². The third-order valence-electron chi connectivity index (χ3n) is 6.87. The Labute approximate surface area is 203 Å². The Morgan fingerprint density at radius 2 is 1.92 bits per heavy atom. The highest BCUT2D eigenvalue weighted by molar-refractivity contribution is 5.93. The minimum atomic E-state index is -4.82. The maximum atomic E-state index is 13.5. The highest BCUT2D eigenvalue weighted by atomic mass is 19.4. The van der Waals surface area contributed by atoms with E-state index in [2.05, 4.69) is 5.10 Å². The minimum Gasteiger partial charge on any atom is -0.493 e. The first-order valence-corrected chi connectivity index (χ1v) is 11.3. The Kier molecular flexibility index (Phi) is 4.94. The molecule has 1 aromatic carbocycles. The molecule has 9 nitrogen and oxygen atoms in total. The van der Waals surface area contributed by atoms with Gasteiger partial charge in [0, 0.05) is 19.0 Å². The van der Waals surface area contributed by atoms with Crippen LogP contribution >= 0.6 is 0 Å². The number of nitriles is 1. The van der Waals surface area contributed by atoms with Crippen LogP contribution in [-0.2, 0) is 18.6 Å². The summed E-state index contributed by atoms with van der Waals surface area (Å²) in [5.74, 6) is -0.834. The van der Waals surface area contributed by atoms with E-state index in [4.69, 9.17) is 5.26 Å². The predicted molar refractivity (Wildman–Crippen MR) is 121 cm³/mol. The van der Waals surface area contributed by atoms with Crippen molar-refractivity contribution < 1.29 is 23.1 Å². The van der Waals surface area contributed by atoms with Crippen LogP contribution in [0.2, 0.25) is 0 Å². The largest absolute Gasteiger partial charge is 0.493 e. The van der Waals surface area contributed by atoms with E-state index in [-0.39, 0.29) is 29.2 Å². The molecule has 0 unspecified atom stereocenters. The molecular formula is C24H23F3N6O3. The van der Waals surface area contributed by atoms with Crippen LogP contribution in [0, 0.1) is 11.3 Å². The molecule has 1 fully saturated rings. The molecule has 1 saturated heterocycles. The summed E-state index contributed by atoms with van der Waals surface area (Å²) in [6.45, 7) is 6.16. The molecule has 4 heterocycles. The predicted octanol–water partition coefficient (Wildman–Crippen LogP) is 3.41. The third-order valence-corrected chi connectivity index (χ3v) is 6.87. The van der Waals surface area contributed by atoms with Crippen LogP contribution in [0.5, 0.6) is 5.88 Å². The van der Waals surface area contributed by atoms with E-state index in [1.807, 2.05) is 20.8 Å². The molecule has 2 bridgehead atoms. The van der Waals surface area contributed by atoms with E-state index in [0.29, 0.717) is 18.2 Å². The van der Waals surface area contributed by atoms with E-state index in [1.165, 1.54) is 21.4 Å². The first kappa shape index (κ1) is 23.7. The van der Waals surface area contributed by atoms with Crippen molar-refractivity contribution in [2.45, 2.75) is 50.9 Å². The number of nitrogens with zero attached hydrogens (tertiary/aromatic N) is 6. The number of carbonyl (C=O) groups is 1. The first-order chi connectivity index (χ1) is 16.7. The van der Waals surface area contributed by atoms with Crippen molar-refractivity contribution in [3.8, 4) is 17.6 Å². The maximum absolute atomic E-state index is 13.5. The summed E-state index contributed by atoms with van der Waals surface area (Å²) in [7, 11) is 1.67. The Morgan fingerprint density at radius 3 is 2.50 bits per heavy atom. The van der Waals surface area contributed by atoms with Crippen LogP contribution in [0.4, 0.5) is 13.2 Å². The maximum Gasteiger partial charge on any atom is 0.417 e. The van der Waals surface area contributed by atoms with Crippen molar-refractivity contribution in [1.29, 1.82) is 5.26 Å². The Morgan fingerprint density at radius 1 is 1.22 bits per heavy atom. The second-order valence-corrected chi connectivity index (χ2v) is 10.2. The Balaban J connectivity index is 1.56. The summed E-state index contributed by atoms with van der Waals surface area (Å²) in [5, 5.41) is 24.5. The van der Waals surface area contributed by atoms with Gasteiger partial charge in [0.05, 0.1) is 40.7 Å². The summed E-state index contributed by atoms with van der Waals surface area (Å²) in [4.78, 5) is 28.2. The van der Waals surface area contributed by atoms with Gasteiger partial charge in [-0.15, -0.1) is 0 Å². The van der Waals surface area contributed by atoms with Crippen molar-refractivity contribution in [2.24, 2.45) is 7.05 Å². The number of amides is 1. The Bertz CT molecular complexity index is 1520. The number of rotatable bonds is 2. The lowest BCUT2D eigenvalue weighted by Crippen LogP contribution is -2.38. The van der Waals surface area contributed by atoms with Crippen molar-refractivity contribution in [1.82, 2.24) is 23.8 Å². The zero-order chi connectivity index (χ0) is 26.3. The number of fused-ring (bicyclic) bond motifs is 5. The van der Waals surface area contributed by atoms with Gasteiger partial charge in [-0.2, -0.15) is 23.5 Å². The van der Waals surface area contributed by atoms with Gasteiger partial charge in [-0.1, -0.05) is 20.8 Å². The fraction of sp³-hybridized carbons (Fsp3) is 0.417. The number of likely N-dealkylation sites (tertiary alicyclic amines) is 1. The molecule has 36 heavy (non-hydrogen) atoms. The fourth-order valence-corrected chi connectivity index (χ4v) is 5.09. The van der Waals surface area contributed by atoms with Gasteiger partial charge in [-0.05, 0) is 30.7 Å². The molecule has 2 aliphatic heterocycles. The highest BCUT2D eigenvalue weighted by Crippen LogP contribution is 2.49. The lowest BCUT2D eigenvalue weighted by molar-refractivity contribution is -0.137. The van der Waals surface area contributed by atoms with Gasteiger partial charge in [0.2, 0.25) is 5.88 Å².